The van der Waals surface area contributed by atoms with E-state index in [4.69, 9.17) is 4.74 Å². The molecule has 0 aliphatic carbocycles. The Hall–Kier alpha value is -1.32. The number of ether oxygens (including phenoxy) is 2. The molecule has 1 fully saturated rings. The average molecular weight is 325 g/mol. The Bertz CT molecular complexity index is 603. The third-order valence-corrected chi connectivity index (χ3v) is 5.02. The molecule has 2 rings (SSSR count). The minimum Gasteiger partial charge on any atom is -0.404 e. The van der Waals surface area contributed by atoms with Gasteiger partial charge < -0.3 is 9.47 Å². The van der Waals surface area contributed by atoms with E-state index in [0.29, 0.717) is 0 Å². The van der Waals surface area contributed by atoms with Crippen LogP contribution in [-0.2, 0) is 14.8 Å². The minimum absolute atomic E-state index is 0.0872. The topological polar surface area (TPSA) is 55.8 Å². The summed E-state index contributed by atoms with van der Waals surface area (Å²) in [5.41, 5.74) is 0. The fourth-order valence-corrected chi connectivity index (χ4v) is 3.78. The molecular weight excluding hydrogens is 311 g/mol. The molecule has 1 heterocycles. The fraction of sp³-hybridized carbons (Fsp3) is 0.500. The Morgan fingerprint density at radius 1 is 1.33 bits per heavy atom. The van der Waals surface area contributed by atoms with Crippen molar-refractivity contribution in [2.45, 2.75) is 24.2 Å². The van der Waals surface area contributed by atoms with Gasteiger partial charge >= 0.3 is 6.36 Å². The van der Waals surface area contributed by atoms with Gasteiger partial charge in [0.2, 0.25) is 10.0 Å². The summed E-state index contributed by atoms with van der Waals surface area (Å²) in [6.07, 6.45) is -4.96. The van der Waals surface area contributed by atoms with E-state index in [1.807, 2.05) is 0 Å². The molecule has 1 atom stereocenters. The predicted octanol–water partition coefficient (Wildman–Crippen LogP) is 1.99. The Morgan fingerprint density at radius 2 is 2.00 bits per heavy atom. The van der Waals surface area contributed by atoms with Gasteiger partial charge in [-0.25, -0.2) is 8.42 Å². The summed E-state index contributed by atoms with van der Waals surface area (Å²) in [7, 11) is -4.09. The number of para-hydroxylation sites is 1. The van der Waals surface area contributed by atoms with E-state index in [-0.39, 0.29) is 19.8 Å². The number of alkyl halides is 3. The van der Waals surface area contributed by atoms with Crippen molar-refractivity contribution < 1.29 is 31.1 Å². The first kappa shape index (κ1) is 16.1. The first-order valence-electron chi connectivity index (χ1n) is 6.16. The number of halogens is 3. The van der Waals surface area contributed by atoms with Gasteiger partial charge in [0.1, 0.15) is 10.6 Å². The SMILES string of the molecule is C[C@H]1COCCN1S(=O)(=O)c1ccccc1OC(F)(F)F. The highest BCUT2D eigenvalue weighted by Gasteiger charge is 2.37. The second-order valence-electron chi connectivity index (χ2n) is 4.53. The zero-order valence-corrected chi connectivity index (χ0v) is 11.9. The summed E-state index contributed by atoms with van der Waals surface area (Å²) >= 11 is 0. The summed E-state index contributed by atoms with van der Waals surface area (Å²) in [5.74, 6) is -0.733. The van der Waals surface area contributed by atoms with Crippen LogP contribution in [-0.4, -0.2) is 44.9 Å². The first-order chi connectivity index (χ1) is 9.72. The lowest BCUT2D eigenvalue weighted by molar-refractivity contribution is -0.275. The van der Waals surface area contributed by atoms with Crippen LogP contribution in [0.15, 0.2) is 29.2 Å². The van der Waals surface area contributed by atoms with Gasteiger partial charge in [0.15, 0.2) is 0 Å². The smallest absolute Gasteiger partial charge is 0.404 e. The van der Waals surface area contributed by atoms with Crippen LogP contribution in [0.1, 0.15) is 6.92 Å². The molecule has 1 aromatic carbocycles. The predicted molar refractivity (Wildman–Crippen MR) is 67.3 cm³/mol. The molecule has 1 saturated heterocycles. The molecule has 1 aromatic rings. The molecule has 1 aliphatic rings. The van der Waals surface area contributed by atoms with Crippen molar-refractivity contribution in [3.63, 3.8) is 0 Å². The highest BCUT2D eigenvalue weighted by atomic mass is 32.2. The normalized spacial score (nSPS) is 21.2. The maximum atomic E-state index is 12.5. The lowest BCUT2D eigenvalue weighted by Gasteiger charge is -2.32. The molecule has 0 radical (unpaired) electrons. The van der Waals surface area contributed by atoms with Crippen LogP contribution in [0.3, 0.4) is 0 Å². The Kier molecular flexibility index (Phi) is 4.45. The maximum absolute atomic E-state index is 12.5. The van der Waals surface area contributed by atoms with Crippen molar-refractivity contribution >= 4 is 10.0 Å². The van der Waals surface area contributed by atoms with Crippen LogP contribution in [0.4, 0.5) is 13.2 Å². The highest BCUT2D eigenvalue weighted by molar-refractivity contribution is 7.89. The zero-order chi connectivity index (χ0) is 15.7. The van der Waals surface area contributed by atoms with Gasteiger partial charge in [0.05, 0.1) is 13.2 Å². The quantitative estimate of drug-likeness (QED) is 0.853. The Balaban J connectivity index is 2.40. The second kappa shape index (κ2) is 5.82. The Labute approximate surface area is 120 Å². The van der Waals surface area contributed by atoms with E-state index >= 15 is 0 Å². The molecule has 0 spiro atoms. The molecular formula is C12H14F3NO4S. The van der Waals surface area contributed by atoms with Gasteiger partial charge in [-0.15, -0.1) is 13.2 Å². The largest absolute Gasteiger partial charge is 0.573 e. The zero-order valence-electron chi connectivity index (χ0n) is 11.1. The number of nitrogens with zero attached hydrogens (tertiary/aromatic N) is 1. The van der Waals surface area contributed by atoms with Crippen LogP contribution in [0.5, 0.6) is 5.75 Å². The first-order valence-corrected chi connectivity index (χ1v) is 7.60. The number of hydrogen-bond donors (Lipinski definition) is 0. The van der Waals surface area contributed by atoms with E-state index in [1.165, 1.54) is 12.1 Å². The van der Waals surface area contributed by atoms with E-state index in [9.17, 15) is 21.6 Å². The summed E-state index contributed by atoms with van der Waals surface area (Å²) in [6, 6.07) is 4.25. The molecule has 9 heteroatoms. The van der Waals surface area contributed by atoms with Gasteiger partial charge in [0.25, 0.3) is 0 Å². The molecule has 1 aliphatic heterocycles. The molecule has 118 valence electrons. The molecule has 0 saturated carbocycles. The van der Waals surface area contributed by atoms with Crippen LogP contribution in [0, 0.1) is 0 Å². The van der Waals surface area contributed by atoms with Crippen LogP contribution in [0.2, 0.25) is 0 Å². The van der Waals surface area contributed by atoms with Crippen molar-refractivity contribution in [3.8, 4) is 5.75 Å². The van der Waals surface area contributed by atoms with Crippen molar-refractivity contribution in [2.75, 3.05) is 19.8 Å². The van der Waals surface area contributed by atoms with Crippen LogP contribution < -0.4 is 4.74 Å². The second-order valence-corrected chi connectivity index (χ2v) is 6.39. The minimum atomic E-state index is -4.96. The molecule has 5 nitrogen and oxygen atoms in total. The average Bonchev–Trinajstić information content (AvgIpc) is 2.37. The van der Waals surface area contributed by atoms with Crippen molar-refractivity contribution in [3.05, 3.63) is 24.3 Å². The standard InChI is InChI=1S/C12H14F3NO4S/c1-9-8-19-7-6-16(9)21(17,18)11-5-3-2-4-10(11)20-12(13,14)15/h2-5,9H,6-8H2,1H3/t9-/m0/s1. The maximum Gasteiger partial charge on any atom is 0.573 e. The van der Waals surface area contributed by atoms with Crippen molar-refractivity contribution in [1.82, 2.24) is 4.31 Å². The fourth-order valence-electron chi connectivity index (χ4n) is 2.07. The lowest BCUT2D eigenvalue weighted by atomic mass is 10.3. The third kappa shape index (κ3) is 3.66. The van der Waals surface area contributed by atoms with Gasteiger partial charge in [-0.2, -0.15) is 4.31 Å². The molecule has 0 aromatic heterocycles. The molecule has 0 bridgehead atoms. The monoisotopic (exact) mass is 325 g/mol. The summed E-state index contributed by atoms with van der Waals surface area (Å²) in [6.45, 7) is 2.11. The highest BCUT2D eigenvalue weighted by Crippen LogP contribution is 2.32. The van der Waals surface area contributed by atoms with Crippen molar-refractivity contribution in [2.24, 2.45) is 0 Å². The van der Waals surface area contributed by atoms with E-state index in [0.717, 1.165) is 16.4 Å². The third-order valence-electron chi connectivity index (χ3n) is 2.97. The molecule has 0 unspecified atom stereocenters. The lowest BCUT2D eigenvalue weighted by Crippen LogP contribution is -2.47. The molecule has 0 N–H and O–H groups in total. The summed E-state index contributed by atoms with van der Waals surface area (Å²) in [4.78, 5) is -0.504. The van der Waals surface area contributed by atoms with Crippen molar-refractivity contribution in [1.29, 1.82) is 0 Å². The van der Waals surface area contributed by atoms with E-state index in [2.05, 4.69) is 4.74 Å². The van der Waals surface area contributed by atoms with Gasteiger partial charge in [-0.05, 0) is 19.1 Å². The van der Waals surface area contributed by atoms with Crippen LogP contribution >= 0.6 is 0 Å². The molecule has 0 amide bonds. The number of benzene rings is 1. The number of rotatable bonds is 3. The number of morpholine rings is 1. The van der Waals surface area contributed by atoms with Gasteiger partial charge in [0, 0.05) is 12.6 Å². The Morgan fingerprint density at radius 3 is 2.62 bits per heavy atom. The van der Waals surface area contributed by atoms with Crippen LogP contribution in [0.25, 0.3) is 0 Å². The van der Waals surface area contributed by atoms with E-state index < -0.39 is 33.1 Å². The summed E-state index contributed by atoms with van der Waals surface area (Å²) in [5, 5.41) is 0. The molecule has 21 heavy (non-hydrogen) atoms. The summed E-state index contributed by atoms with van der Waals surface area (Å²) < 4.78 is 72.3. The van der Waals surface area contributed by atoms with E-state index in [1.54, 1.807) is 6.92 Å². The number of hydrogen-bond acceptors (Lipinski definition) is 4. The van der Waals surface area contributed by atoms with Gasteiger partial charge in [-0.3, -0.25) is 0 Å². The number of sulfonamides is 1. The van der Waals surface area contributed by atoms with Gasteiger partial charge in [-0.1, -0.05) is 12.1 Å².